The van der Waals surface area contributed by atoms with E-state index in [0.29, 0.717) is 18.5 Å². The third kappa shape index (κ3) is 7.04. The Balaban J connectivity index is 1.55. The van der Waals surface area contributed by atoms with Crippen LogP contribution in [0.2, 0.25) is 0 Å². The van der Waals surface area contributed by atoms with Crippen LogP contribution in [0.25, 0.3) is 0 Å². The van der Waals surface area contributed by atoms with Gasteiger partial charge in [-0.25, -0.2) is 13.1 Å². The standard InChI is InChI=1S/C24H23N5O6S/c25-14-21(30)28-24(33)20-11-8-18(15-27-20)23(32)29-36(34,35)19-9-6-16(7-10-19)12-13-26-22(31)17-4-2-1-3-5-17/h1-11,15H,12-14,25H2,(H,26,31)(H,29,32)(H,28,30,33). The summed E-state index contributed by atoms with van der Waals surface area (Å²) in [4.78, 5) is 51.1. The number of sulfonamides is 1. The molecule has 0 aliphatic heterocycles. The molecule has 2 aromatic carbocycles. The number of pyridine rings is 1. The van der Waals surface area contributed by atoms with Crippen molar-refractivity contribution in [2.75, 3.05) is 13.1 Å². The normalized spacial score (nSPS) is 10.8. The maximum absolute atomic E-state index is 12.6. The minimum atomic E-state index is -4.18. The Hall–Kier alpha value is -4.42. The number of aromatic nitrogens is 1. The number of amides is 4. The maximum Gasteiger partial charge on any atom is 0.276 e. The van der Waals surface area contributed by atoms with Crippen LogP contribution in [0.4, 0.5) is 0 Å². The Labute approximate surface area is 207 Å². The van der Waals surface area contributed by atoms with E-state index in [2.05, 4.69) is 10.3 Å². The fraction of sp³-hybridized carbons (Fsp3) is 0.125. The van der Waals surface area contributed by atoms with E-state index in [4.69, 9.17) is 5.73 Å². The Bertz CT molecular complexity index is 1360. The first-order chi connectivity index (χ1) is 17.2. The highest BCUT2D eigenvalue weighted by Gasteiger charge is 2.20. The zero-order chi connectivity index (χ0) is 26.1. The summed E-state index contributed by atoms with van der Waals surface area (Å²) in [7, 11) is -4.18. The van der Waals surface area contributed by atoms with Crippen LogP contribution in [0.1, 0.15) is 36.8 Å². The van der Waals surface area contributed by atoms with E-state index in [9.17, 15) is 27.6 Å². The molecule has 1 heterocycles. The number of benzene rings is 2. The van der Waals surface area contributed by atoms with Gasteiger partial charge in [0, 0.05) is 18.3 Å². The van der Waals surface area contributed by atoms with Gasteiger partial charge in [0.15, 0.2) is 0 Å². The van der Waals surface area contributed by atoms with Crippen LogP contribution < -0.4 is 21.1 Å². The van der Waals surface area contributed by atoms with Gasteiger partial charge in [-0.2, -0.15) is 0 Å². The van der Waals surface area contributed by atoms with Crippen molar-refractivity contribution in [3.05, 3.63) is 95.3 Å². The summed E-state index contributed by atoms with van der Waals surface area (Å²) < 4.78 is 27.1. The fourth-order valence-corrected chi connectivity index (χ4v) is 3.97. The molecule has 186 valence electrons. The van der Waals surface area contributed by atoms with Crippen LogP contribution in [0.3, 0.4) is 0 Å². The number of nitrogens with zero attached hydrogens (tertiary/aromatic N) is 1. The molecule has 4 amide bonds. The molecule has 0 saturated heterocycles. The number of rotatable bonds is 9. The smallest absolute Gasteiger partial charge is 0.276 e. The van der Waals surface area contributed by atoms with Crippen molar-refractivity contribution in [1.82, 2.24) is 20.3 Å². The van der Waals surface area contributed by atoms with Gasteiger partial charge in [0.05, 0.1) is 17.0 Å². The van der Waals surface area contributed by atoms with E-state index in [-0.39, 0.29) is 28.6 Å². The molecule has 0 saturated carbocycles. The topological polar surface area (TPSA) is 177 Å². The Morgan fingerprint density at radius 3 is 2.11 bits per heavy atom. The van der Waals surface area contributed by atoms with Gasteiger partial charge in [-0.1, -0.05) is 30.3 Å². The van der Waals surface area contributed by atoms with Crippen molar-refractivity contribution in [3.63, 3.8) is 0 Å². The summed E-state index contributed by atoms with van der Waals surface area (Å²) in [5.74, 6) is -2.65. The molecule has 0 atom stereocenters. The van der Waals surface area contributed by atoms with Crippen LogP contribution >= 0.6 is 0 Å². The van der Waals surface area contributed by atoms with Gasteiger partial charge < -0.3 is 11.1 Å². The highest BCUT2D eigenvalue weighted by molar-refractivity contribution is 7.90. The lowest BCUT2D eigenvalue weighted by Crippen LogP contribution is -2.36. The van der Waals surface area contributed by atoms with Gasteiger partial charge >= 0.3 is 0 Å². The third-order valence-corrected chi connectivity index (χ3v) is 6.24. The zero-order valence-electron chi connectivity index (χ0n) is 18.9. The first kappa shape index (κ1) is 26.2. The molecular weight excluding hydrogens is 486 g/mol. The van der Waals surface area contributed by atoms with E-state index < -0.39 is 27.7 Å². The summed E-state index contributed by atoms with van der Waals surface area (Å²) in [6, 6.07) is 17.0. The minimum absolute atomic E-state index is 0.106. The molecule has 5 N–H and O–H groups in total. The minimum Gasteiger partial charge on any atom is -0.352 e. The molecule has 0 unspecified atom stereocenters. The number of carbonyl (C=O) groups is 4. The first-order valence-corrected chi connectivity index (χ1v) is 12.2. The Morgan fingerprint density at radius 1 is 0.806 bits per heavy atom. The summed E-state index contributed by atoms with van der Waals surface area (Å²) >= 11 is 0. The third-order valence-electron chi connectivity index (χ3n) is 4.89. The number of nitrogens with two attached hydrogens (primary N) is 1. The second kappa shape index (κ2) is 11.8. The summed E-state index contributed by atoms with van der Waals surface area (Å²) in [6.45, 7) is -0.0200. The average molecular weight is 510 g/mol. The highest BCUT2D eigenvalue weighted by atomic mass is 32.2. The van der Waals surface area contributed by atoms with Crippen LogP contribution in [0.15, 0.2) is 77.8 Å². The van der Waals surface area contributed by atoms with E-state index in [1.807, 2.05) is 16.1 Å². The quantitative estimate of drug-likeness (QED) is 0.320. The van der Waals surface area contributed by atoms with Crippen molar-refractivity contribution < 1.29 is 27.6 Å². The van der Waals surface area contributed by atoms with Crippen molar-refractivity contribution in [2.45, 2.75) is 11.3 Å². The zero-order valence-corrected chi connectivity index (χ0v) is 19.7. The number of carbonyl (C=O) groups excluding carboxylic acids is 4. The van der Waals surface area contributed by atoms with Crippen LogP contribution in [0.5, 0.6) is 0 Å². The van der Waals surface area contributed by atoms with E-state index >= 15 is 0 Å². The van der Waals surface area contributed by atoms with Crippen molar-refractivity contribution in [3.8, 4) is 0 Å². The lowest BCUT2D eigenvalue weighted by atomic mass is 10.1. The van der Waals surface area contributed by atoms with Crippen LogP contribution in [-0.2, 0) is 21.2 Å². The van der Waals surface area contributed by atoms with Crippen LogP contribution in [-0.4, -0.2) is 50.1 Å². The van der Waals surface area contributed by atoms with Gasteiger partial charge in [-0.3, -0.25) is 29.5 Å². The highest BCUT2D eigenvalue weighted by Crippen LogP contribution is 2.12. The SMILES string of the molecule is NCC(=O)NC(=O)c1ccc(C(=O)NS(=O)(=O)c2ccc(CCNC(=O)c3ccccc3)cc2)cn1. The second-order valence-electron chi connectivity index (χ2n) is 7.46. The van der Waals surface area contributed by atoms with Gasteiger partial charge in [-0.05, 0) is 48.4 Å². The monoisotopic (exact) mass is 509 g/mol. The molecule has 3 aromatic rings. The lowest BCUT2D eigenvalue weighted by Gasteiger charge is -2.09. The molecule has 0 fully saturated rings. The largest absolute Gasteiger partial charge is 0.352 e. The summed E-state index contributed by atoms with van der Waals surface area (Å²) in [5, 5.41) is 4.79. The average Bonchev–Trinajstić information content (AvgIpc) is 2.89. The fourth-order valence-electron chi connectivity index (χ4n) is 2.99. The van der Waals surface area contributed by atoms with Gasteiger partial charge in [-0.15, -0.1) is 0 Å². The molecule has 12 heteroatoms. The van der Waals surface area contributed by atoms with Crippen molar-refractivity contribution in [1.29, 1.82) is 0 Å². The van der Waals surface area contributed by atoms with E-state index in [0.717, 1.165) is 11.8 Å². The Morgan fingerprint density at radius 2 is 1.50 bits per heavy atom. The molecule has 3 rings (SSSR count). The molecule has 11 nitrogen and oxygen atoms in total. The predicted molar refractivity (Wildman–Crippen MR) is 129 cm³/mol. The second-order valence-corrected chi connectivity index (χ2v) is 9.15. The molecule has 0 radical (unpaired) electrons. The maximum atomic E-state index is 12.6. The summed E-state index contributed by atoms with van der Waals surface area (Å²) in [6.07, 6.45) is 1.49. The molecule has 1 aromatic heterocycles. The summed E-state index contributed by atoms with van der Waals surface area (Å²) in [5.41, 5.74) is 6.21. The predicted octanol–water partition coefficient (Wildman–Crippen LogP) is 0.388. The van der Waals surface area contributed by atoms with Crippen molar-refractivity contribution in [2.24, 2.45) is 5.73 Å². The number of hydrogen-bond acceptors (Lipinski definition) is 8. The number of hydrogen-bond donors (Lipinski definition) is 4. The number of nitrogens with one attached hydrogen (secondary N) is 3. The number of imide groups is 1. The van der Waals surface area contributed by atoms with Crippen LogP contribution in [0, 0.1) is 0 Å². The molecule has 36 heavy (non-hydrogen) atoms. The molecule has 0 spiro atoms. The first-order valence-electron chi connectivity index (χ1n) is 10.7. The van der Waals surface area contributed by atoms with E-state index in [1.165, 1.54) is 24.3 Å². The van der Waals surface area contributed by atoms with Gasteiger partial charge in [0.25, 0.3) is 27.7 Å². The molecule has 0 aliphatic rings. The van der Waals surface area contributed by atoms with Gasteiger partial charge in [0.2, 0.25) is 5.91 Å². The molecular formula is C24H23N5O6S. The molecule has 0 bridgehead atoms. The van der Waals surface area contributed by atoms with Crippen molar-refractivity contribution >= 4 is 33.7 Å². The Kier molecular flexibility index (Phi) is 8.60. The molecule has 0 aliphatic carbocycles. The lowest BCUT2D eigenvalue weighted by molar-refractivity contribution is -0.118. The van der Waals surface area contributed by atoms with Gasteiger partial charge in [0.1, 0.15) is 5.69 Å². The van der Waals surface area contributed by atoms with E-state index in [1.54, 1.807) is 36.4 Å².